The predicted molar refractivity (Wildman–Crippen MR) is 105 cm³/mol. The van der Waals surface area contributed by atoms with E-state index in [2.05, 4.69) is 10.4 Å². The summed E-state index contributed by atoms with van der Waals surface area (Å²) in [6.45, 7) is -0.0335. The number of rotatable bonds is 9. The van der Waals surface area contributed by atoms with E-state index in [1.54, 1.807) is 24.3 Å². The van der Waals surface area contributed by atoms with Gasteiger partial charge >= 0.3 is 5.97 Å². The number of amides is 1. The van der Waals surface area contributed by atoms with Crippen molar-refractivity contribution in [3.63, 3.8) is 0 Å². The Hall–Kier alpha value is -3.44. The third kappa shape index (κ3) is 4.93. The predicted octanol–water partition coefficient (Wildman–Crippen LogP) is 2.17. The Morgan fingerprint density at radius 1 is 1.17 bits per heavy atom. The number of carboxylic acid groups (broad SMARTS) is 1. The molecule has 3 aromatic rings. The number of ether oxygens (including phenoxy) is 1. The third-order valence-corrected chi connectivity index (χ3v) is 5.38. The van der Waals surface area contributed by atoms with Gasteiger partial charge in [0.25, 0.3) is 15.9 Å². The van der Waals surface area contributed by atoms with Crippen molar-refractivity contribution in [2.24, 2.45) is 0 Å². The molecule has 1 aromatic heterocycles. The van der Waals surface area contributed by atoms with Gasteiger partial charge in [-0.3, -0.25) is 15.0 Å². The fraction of sp³-hybridized carbons (Fsp3) is 0.158. The number of para-hydroxylation sites is 1. The Bertz CT molecular complexity index is 1190. The SMILES string of the molecule is O=C(O)CCCOc1ccc(S(=O)(=O)NNC(=O)c2c[nH]c3ccccc23)cc1F. The molecule has 2 aromatic carbocycles. The summed E-state index contributed by atoms with van der Waals surface area (Å²) in [7, 11) is -4.24. The van der Waals surface area contributed by atoms with Gasteiger partial charge in [-0.2, -0.15) is 0 Å². The number of aromatic nitrogens is 1. The van der Waals surface area contributed by atoms with Crippen LogP contribution in [0.3, 0.4) is 0 Å². The molecule has 1 amide bonds. The van der Waals surface area contributed by atoms with Crippen LogP contribution in [0.25, 0.3) is 10.9 Å². The summed E-state index contributed by atoms with van der Waals surface area (Å²) in [5, 5.41) is 9.17. The first-order valence-electron chi connectivity index (χ1n) is 8.80. The highest BCUT2D eigenvalue weighted by molar-refractivity contribution is 7.89. The number of halogens is 1. The van der Waals surface area contributed by atoms with E-state index in [1.807, 2.05) is 4.83 Å². The zero-order valence-electron chi connectivity index (χ0n) is 15.5. The average molecular weight is 435 g/mol. The largest absolute Gasteiger partial charge is 0.491 e. The standard InChI is InChI=1S/C19H18FN3O6S/c20-15-10-12(7-8-17(15)29-9-3-6-18(24)25)30(27,28)23-22-19(26)14-11-21-16-5-2-1-4-13(14)16/h1-2,4-5,7-8,10-11,21,23H,3,6,9H2,(H,22,26)(H,24,25). The number of sulfonamides is 1. The second-order valence-electron chi connectivity index (χ2n) is 6.25. The highest BCUT2D eigenvalue weighted by Crippen LogP contribution is 2.21. The van der Waals surface area contributed by atoms with Crippen LogP contribution in [-0.2, 0) is 14.8 Å². The van der Waals surface area contributed by atoms with Crippen LogP contribution in [-0.4, -0.2) is 37.0 Å². The lowest BCUT2D eigenvalue weighted by atomic mass is 10.2. The number of aromatic amines is 1. The van der Waals surface area contributed by atoms with Gasteiger partial charge < -0.3 is 14.8 Å². The van der Waals surface area contributed by atoms with E-state index in [0.717, 1.165) is 18.2 Å². The lowest BCUT2D eigenvalue weighted by Crippen LogP contribution is -2.41. The van der Waals surface area contributed by atoms with Crippen molar-refractivity contribution in [1.82, 2.24) is 15.2 Å². The molecule has 3 rings (SSSR count). The van der Waals surface area contributed by atoms with Crippen molar-refractivity contribution in [1.29, 1.82) is 0 Å². The Balaban J connectivity index is 1.64. The van der Waals surface area contributed by atoms with Crippen LogP contribution in [0.5, 0.6) is 5.75 Å². The van der Waals surface area contributed by atoms with Crippen LogP contribution < -0.4 is 15.0 Å². The first-order valence-corrected chi connectivity index (χ1v) is 10.3. The molecule has 4 N–H and O–H groups in total. The maximum absolute atomic E-state index is 14.1. The summed E-state index contributed by atoms with van der Waals surface area (Å²) in [6, 6.07) is 9.97. The monoisotopic (exact) mass is 435 g/mol. The number of hydrazine groups is 1. The lowest BCUT2D eigenvalue weighted by Gasteiger charge is -2.10. The zero-order valence-corrected chi connectivity index (χ0v) is 16.3. The molecule has 0 aliphatic heterocycles. The number of nitrogens with one attached hydrogen (secondary N) is 3. The summed E-state index contributed by atoms with van der Waals surface area (Å²) >= 11 is 0. The van der Waals surface area contributed by atoms with E-state index >= 15 is 0 Å². The molecule has 11 heteroatoms. The molecular weight excluding hydrogens is 417 g/mol. The number of fused-ring (bicyclic) bond motifs is 1. The van der Waals surface area contributed by atoms with Crippen molar-refractivity contribution in [3.05, 3.63) is 60.0 Å². The van der Waals surface area contributed by atoms with Gasteiger partial charge in [0, 0.05) is 23.5 Å². The van der Waals surface area contributed by atoms with Gasteiger partial charge in [-0.25, -0.2) is 12.8 Å². The molecule has 0 unspecified atom stereocenters. The van der Waals surface area contributed by atoms with Gasteiger partial charge in [-0.05, 0) is 30.7 Å². The topological polar surface area (TPSA) is 138 Å². The number of aliphatic carboxylic acids is 1. The minimum atomic E-state index is -4.24. The van der Waals surface area contributed by atoms with Crippen molar-refractivity contribution < 1.29 is 32.2 Å². The van der Waals surface area contributed by atoms with Crippen molar-refractivity contribution in [2.75, 3.05) is 6.61 Å². The first kappa shape index (κ1) is 21.3. The molecule has 0 fully saturated rings. The quantitative estimate of drug-likeness (QED) is 0.300. The van der Waals surface area contributed by atoms with Gasteiger partial charge in [0.05, 0.1) is 17.1 Å². The van der Waals surface area contributed by atoms with E-state index in [4.69, 9.17) is 9.84 Å². The van der Waals surface area contributed by atoms with E-state index in [1.165, 1.54) is 6.20 Å². The molecule has 158 valence electrons. The molecule has 0 atom stereocenters. The summed E-state index contributed by atoms with van der Waals surface area (Å²) in [5.41, 5.74) is 3.05. The Morgan fingerprint density at radius 3 is 2.67 bits per heavy atom. The highest BCUT2D eigenvalue weighted by Gasteiger charge is 2.19. The van der Waals surface area contributed by atoms with Gasteiger partial charge in [0.1, 0.15) is 0 Å². The Kier molecular flexibility index (Phi) is 6.33. The fourth-order valence-corrected chi connectivity index (χ4v) is 3.52. The van der Waals surface area contributed by atoms with E-state index in [-0.39, 0.29) is 30.8 Å². The third-order valence-electron chi connectivity index (χ3n) is 4.14. The number of carbonyl (C=O) groups is 2. The van der Waals surface area contributed by atoms with Crippen molar-refractivity contribution in [2.45, 2.75) is 17.7 Å². The van der Waals surface area contributed by atoms with Crippen LogP contribution in [0.4, 0.5) is 4.39 Å². The van der Waals surface area contributed by atoms with Gasteiger partial charge in [0.2, 0.25) is 0 Å². The molecule has 30 heavy (non-hydrogen) atoms. The second kappa shape index (κ2) is 8.93. The summed E-state index contributed by atoms with van der Waals surface area (Å²) in [6.07, 6.45) is 1.49. The molecule has 0 saturated heterocycles. The van der Waals surface area contributed by atoms with Gasteiger partial charge in [-0.15, -0.1) is 4.83 Å². The van der Waals surface area contributed by atoms with Gasteiger partial charge in [0.15, 0.2) is 11.6 Å². The molecular formula is C19H18FN3O6S. The number of carboxylic acids is 1. The highest BCUT2D eigenvalue weighted by atomic mass is 32.2. The molecule has 0 aliphatic rings. The Labute approximate surface area is 170 Å². The maximum Gasteiger partial charge on any atom is 0.303 e. The average Bonchev–Trinajstić information content (AvgIpc) is 3.14. The lowest BCUT2D eigenvalue weighted by molar-refractivity contribution is -0.137. The number of carbonyl (C=O) groups excluding carboxylic acids is 1. The second-order valence-corrected chi connectivity index (χ2v) is 7.93. The minimum Gasteiger partial charge on any atom is -0.491 e. The van der Waals surface area contributed by atoms with Gasteiger partial charge in [-0.1, -0.05) is 18.2 Å². The molecule has 0 bridgehead atoms. The molecule has 0 saturated carbocycles. The maximum atomic E-state index is 14.1. The molecule has 0 radical (unpaired) electrons. The number of benzene rings is 2. The van der Waals surface area contributed by atoms with Crippen molar-refractivity contribution >= 4 is 32.8 Å². The molecule has 1 heterocycles. The normalized spacial score (nSPS) is 11.4. The number of H-pyrrole nitrogens is 1. The van der Waals surface area contributed by atoms with E-state index in [9.17, 15) is 22.4 Å². The van der Waals surface area contributed by atoms with Crippen LogP contribution in [0.15, 0.2) is 53.6 Å². The molecule has 9 nitrogen and oxygen atoms in total. The van der Waals surface area contributed by atoms with E-state index in [0.29, 0.717) is 10.9 Å². The van der Waals surface area contributed by atoms with Crippen molar-refractivity contribution in [3.8, 4) is 5.75 Å². The zero-order chi connectivity index (χ0) is 21.7. The molecule has 0 aliphatic carbocycles. The first-order chi connectivity index (χ1) is 14.3. The number of hydrogen-bond donors (Lipinski definition) is 4. The smallest absolute Gasteiger partial charge is 0.303 e. The number of hydrogen-bond acceptors (Lipinski definition) is 5. The summed E-state index contributed by atoms with van der Waals surface area (Å²) < 4.78 is 44.0. The summed E-state index contributed by atoms with van der Waals surface area (Å²) in [5.74, 6) is -2.82. The molecule has 0 spiro atoms. The summed E-state index contributed by atoms with van der Waals surface area (Å²) in [4.78, 5) is 27.2. The fourth-order valence-electron chi connectivity index (χ4n) is 2.67. The Morgan fingerprint density at radius 2 is 1.93 bits per heavy atom. The minimum absolute atomic E-state index is 0.0335. The van der Waals surface area contributed by atoms with Crippen LogP contribution in [0, 0.1) is 5.82 Å². The van der Waals surface area contributed by atoms with Crippen LogP contribution in [0.2, 0.25) is 0 Å². The van der Waals surface area contributed by atoms with Crippen LogP contribution >= 0.6 is 0 Å². The van der Waals surface area contributed by atoms with E-state index < -0.39 is 32.6 Å². The van der Waals surface area contributed by atoms with Crippen LogP contribution in [0.1, 0.15) is 23.2 Å².